The molecule has 24 heavy (non-hydrogen) atoms. The lowest BCUT2D eigenvalue weighted by Gasteiger charge is -2.34. The van der Waals surface area contributed by atoms with Gasteiger partial charge in [0.1, 0.15) is 0 Å². The summed E-state index contributed by atoms with van der Waals surface area (Å²) in [5.41, 5.74) is 1.28. The zero-order valence-corrected chi connectivity index (χ0v) is 14.9. The number of amides is 2. The molecule has 0 atom stereocenters. The summed E-state index contributed by atoms with van der Waals surface area (Å²) in [6.07, 6.45) is 3.60. The third kappa shape index (κ3) is 3.38. The first-order chi connectivity index (χ1) is 11.6. The zero-order valence-electron chi connectivity index (χ0n) is 14.1. The van der Waals surface area contributed by atoms with Gasteiger partial charge in [0.2, 0.25) is 0 Å². The van der Waals surface area contributed by atoms with Crippen LogP contribution in [0.1, 0.15) is 44.0 Å². The molecule has 0 saturated carbocycles. The first kappa shape index (κ1) is 16.8. The van der Waals surface area contributed by atoms with E-state index < -0.39 is 0 Å². The number of furan rings is 1. The second-order valence-electron chi connectivity index (χ2n) is 6.00. The SMILES string of the molecule is CCCc1cc(C(=O)N2CCN(C(=O)c3ccco3)CC2)sc1C. The quantitative estimate of drug-likeness (QED) is 0.854. The van der Waals surface area contributed by atoms with Crippen LogP contribution in [0.15, 0.2) is 28.9 Å². The minimum atomic E-state index is -0.107. The van der Waals surface area contributed by atoms with Crippen molar-refractivity contribution in [2.24, 2.45) is 0 Å². The fraction of sp³-hybridized carbons (Fsp3) is 0.444. The highest BCUT2D eigenvalue weighted by atomic mass is 32.1. The minimum Gasteiger partial charge on any atom is -0.459 e. The third-order valence-electron chi connectivity index (χ3n) is 4.34. The summed E-state index contributed by atoms with van der Waals surface area (Å²) in [6.45, 7) is 6.42. The molecule has 6 heteroatoms. The van der Waals surface area contributed by atoms with Gasteiger partial charge in [0.05, 0.1) is 11.1 Å². The molecule has 5 nitrogen and oxygen atoms in total. The summed E-state index contributed by atoms with van der Waals surface area (Å²) >= 11 is 1.57. The zero-order chi connectivity index (χ0) is 17.1. The lowest BCUT2D eigenvalue weighted by atomic mass is 10.1. The molecule has 0 N–H and O–H groups in total. The second-order valence-corrected chi connectivity index (χ2v) is 7.26. The number of hydrogen-bond donors (Lipinski definition) is 0. The number of hydrogen-bond acceptors (Lipinski definition) is 4. The first-order valence-corrected chi connectivity index (χ1v) is 9.13. The van der Waals surface area contributed by atoms with E-state index in [1.807, 2.05) is 11.0 Å². The highest BCUT2D eigenvalue weighted by Crippen LogP contribution is 2.24. The Hall–Kier alpha value is -2.08. The molecule has 2 amide bonds. The van der Waals surface area contributed by atoms with Crippen molar-refractivity contribution in [1.29, 1.82) is 0 Å². The van der Waals surface area contributed by atoms with E-state index in [1.165, 1.54) is 16.7 Å². The molecular weight excluding hydrogens is 324 g/mol. The van der Waals surface area contributed by atoms with E-state index in [2.05, 4.69) is 13.8 Å². The first-order valence-electron chi connectivity index (χ1n) is 8.31. The molecule has 128 valence electrons. The van der Waals surface area contributed by atoms with Crippen LogP contribution in [0, 0.1) is 6.92 Å². The molecule has 0 unspecified atom stereocenters. The molecule has 1 fully saturated rings. The van der Waals surface area contributed by atoms with Gasteiger partial charge in [-0.05, 0) is 37.1 Å². The lowest BCUT2D eigenvalue weighted by molar-refractivity contribution is 0.0520. The van der Waals surface area contributed by atoms with Crippen molar-refractivity contribution >= 4 is 23.2 Å². The van der Waals surface area contributed by atoms with Crippen LogP contribution in [0.25, 0.3) is 0 Å². The monoisotopic (exact) mass is 346 g/mol. The Labute approximate surface area is 145 Å². The van der Waals surface area contributed by atoms with E-state index in [1.54, 1.807) is 28.4 Å². The van der Waals surface area contributed by atoms with Crippen molar-refractivity contribution in [3.8, 4) is 0 Å². The van der Waals surface area contributed by atoms with Gasteiger partial charge in [-0.1, -0.05) is 13.3 Å². The van der Waals surface area contributed by atoms with Gasteiger partial charge in [-0.15, -0.1) is 11.3 Å². The number of thiophene rings is 1. The van der Waals surface area contributed by atoms with Gasteiger partial charge in [0, 0.05) is 31.1 Å². The molecule has 0 bridgehead atoms. The van der Waals surface area contributed by atoms with Crippen molar-refractivity contribution in [1.82, 2.24) is 9.80 Å². The van der Waals surface area contributed by atoms with E-state index in [9.17, 15) is 9.59 Å². The summed E-state index contributed by atoms with van der Waals surface area (Å²) in [7, 11) is 0. The van der Waals surface area contributed by atoms with Crippen molar-refractivity contribution < 1.29 is 14.0 Å². The molecule has 2 aromatic heterocycles. The van der Waals surface area contributed by atoms with Gasteiger partial charge in [-0.3, -0.25) is 9.59 Å². The molecule has 0 radical (unpaired) electrons. The third-order valence-corrected chi connectivity index (χ3v) is 5.42. The van der Waals surface area contributed by atoms with Crippen LogP contribution in [-0.4, -0.2) is 47.8 Å². The average molecular weight is 346 g/mol. The minimum absolute atomic E-state index is 0.0792. The molecule has 1 saturated heterocycles. The molecule has 2 aromatic rings. The average Bonchev–Trinajstić information content (AvgIpc) is 3.25. The molecule has 0 aromatic carbocycles. The van der Waals surface area contributed by atoms with Crippen molar-refractivity contribution in [3.05, 3.63) is 45.5 Å². The van der Waals surface area contributed by atoms with Crippen molar-refractivity contribution in [2.45, 2.75) is 26.7 Å². The fourth-order valence-corrected chi connectivity index (χ4v) is 4.01. The predicted octanol–water partition coefficient (Wildman–Crippen LogP) is 3.20. The van der Waals surface area contributed by atoms with Crippen LogP contribution >= 0.6 is 11.3 Å². The topological polar surface area (TPSA) is 53.8 Å². The molecule has 0 spiro atoms. The molecule has 1 aliphatic heterocycles. The summed E-state index contributed by atoms with van der Waals surface area (Å²) < 4.78 is 5.16. The molecule has 1 aliphatic rings. The van der Waals surface area contributed by atoms with Crippen LogP contribution in [0.2, 0.25) is 0 Å². The van der Waals surface area contributed by atoms with Gasteiger partial charge in [0.15, 0.2) is 5.76 Å². The highest BCUT2D eigenvalue weighted by Gasteiger charge is 2.27. The number of carbonyl (C=O) groups excluding carboxylic acids is 2. The summed E-state index contributed by atoms with van der Waals surface area (Å²) in [5, 5.41) is 0. The summed E-state index contributed by atoms with van der Waals surface area (Å²) in [5.74, 6) is 0.327. The van der Waals surface area contributed by atoms with Gasteiger partial charge < -0.3 is 14.2 Å². The largest absolute Gasteiger partial charge is 0.459 e. The van der Waals surface area contributed by atoms with E-state index >= 15 is 0 Å². The Morgan fingerprint density at radius 3 is 2.42 bits per heavy atom. The Balaban J connectivity index is 1.61. The number of piperazine rings is 1. The van der Waals surface area contributed by atoms with Crippen molar-refractivity contribution in [2.75, 3.05) is 26.2 Å². The van der Waals surface area contributed by atoms with E-state index in [0.29, 0.717) is 31.9 Å². The van der Waals surface area contributed by atoms with Crippen LogP contribution in [0.3, 0.4) is 0 Å². The standard InChI is InChI=1S/C18H22N2O3S/c1-3-5-14-12-16(24-13(14)2)18(22)20-9-7-19(8-10-20)17(21)15-6-4-11-23-15/h4,6,11-12H,3,5,7-10H2,1-2H3. The van der Waals surface area contributed by atoms with Crippen LogP contribution in [0.5, 0.6) is 0 Å². The van der Waals surface area contributed by atoms with Crippen LogP contribution in [0.4, 0.5) is 0 Å². The Morgan fingerprint density at radius 1 is 1.17 bits per heavy atom. The van der Waals surface area contributed by atoms with Gasteiger partial charge in [-0.2, -0.15) is 0 Å². The summed E-state index contributed by atoms with van der Waals surface area (Å²) in [6, 6.07) is 5.41. The van der Waals surface area contributed by atoms with E-state index in [0.717, 1.165) is 17.7 Å². The maximum atomic E-state index is 12.7. The molecular formula is C18H22N2O3S. The molecule has 0 aliphatic carbocycles. The maximum absolute atomic E-state index is 12.7. The second kappa shape index (κ2) is 7.21. The van der Waals surface area contributed by atoms with Crippen LogP contribution in [-0.2, 0) is 6.42 Å². The molecule has 3 heterocycles. The smallest absolute Gasteiger partial charge is 0.289 e. The van der Waals surface area contributed by atoms with Gasteiger partial charge in [0.25, 0.3) is 11.8 Å². The van der Waals surface area contributed by atoms with E-state index in [-0.39, 0.29) is 11.8 Å². The Morgan fingerprint density at radius 2 is 1.83 bits per heavy atom. The Kier molecular flexibility index (Phi) is 5.04. The number of nitrogens with zero attached hydrogens (tertiary/aromatic N) is 2. The highest BCUT2D eigenvalue weighted by molar-refractivity contribution is 7.14. The molecule has 3 rings (SSSR count). The fourth-order valence-electron chi connectivity index (χ4n) is 2.97. The van der Waals surface area contributed by atoms with Crippen molar-refractivity contribution in [3.63, 3.8) is 0 Å². The normalized spacial score (nSPS) is 14.9. The van der Waals surface area contributed by atoms with Crippen LogP contribution < -0.4 is 0 Å². The maximum Gasteiger partial charge on any atom is 0.289 e. The number of carbonyl (C=O) groups is 2. The number of rotatable bonds is 4. The van der Waals surface area contributed by atoms with E-state index in [4.69, 9.17) is 4.42 Å². The van der Waals surface area contributed by atoms with Gasteiger partial charge in [-0.25, -0.2) is 0 Å². The lowest BCUT2D eigenvalue weighted by Crippen LogP contribution is -2.50. The predicted molar refractivity (Wildman–Crippen MR) is 93.6 cm³/mol. The number of aryl methyl sites for hydroxylation is 2. The van der Waals surface area contributed by atoms with Gasteiger partial charge >= 0.3 is 0 Å². The Bertz CT molecular complexity index is 713. The summed E-state index contributed by atoms with van der Waals surface area (Å²) in [4.78, 5) is 30.6.